The normalized spacial score (nSPS) is 15.1. The van der Waals surface area contributed by atoms with Crippen molar-refractivity contribution >= 4 is 35.2 Å². The first-order valence-corrected chi connectivity index (χ1v) is 12.6. The lowest BCUT2D eigenvalue weighted by molar-refractivity contribution is -0.131. The van der Waals surface area contributed by atoms with Gasteiger partial charge in [0.1, 0.15) is 0 Å². The van der Waals surface area contributed by atoms with Crippen molar-refractivity contribution in [3.8, 4) is 5.69 Å². The molecule has 8 nitrogen and oxygen atoms in total. The van der Waals surface area contributed by atoms with Crippen LogP contribution in [0.4, 0.5) is 0 Å². The monoisotopic (exact) mass is 498 g/mol. The average molecular weight is 499 g/mol. The Morgan fingerprint density at radius 3 is 2.82 bits per heavy atom. The maximum atomic E-state index is 12.8. The Kier molecular flexibility index (Phi) is 8.18. The number of carbonyl (C=O) groups is 2. The van der Waals surface area contributed by atoms with Crippen LogP contribution in [0.2, 0.25) is 5.02 Å². The van der Waals surface area contributed by atoms with Crippen molar-refractivity contribution < 1.29 is 9.59 Å². The Balaban J connectivity index is 1.51. The predicted molar refractivity (Wildman–Crippen MR) is 132 cm³/mol. The number of likely N-dealkylation sites (tertiary alicyclic amines) is 1. The maximum Gasteiger partial charge on any atom is 0.233 e. The molecule has 1 aliphatic heterocycles. The van der Waals surface area contributed by atoms with Gasteiger partial charge in [0.25, 0.3) is 0 Å². The van der Waals surface area contributed by atoms with Gasteiger partial charge >= 0.3 is 0 Å². The van der Waals surface area contributed by atoms with E-state index in [0.29, 0.717) is 42.1 Å². The number of rotatable bonds is 8. The van der Waals surface area contributed by atoms with Crippen LogP contribution in [0.1, 0.15) is 44.0 Å². The summed E-state index contributed by atoms with van der Waals surface area (Å²) in [6.07, 6.45) is 6.95. The number of hydrogen-bond acceptors (Lipinski definition) is 6. The second-order valence-corrected chi connectivity index (χ2v) is 9.86. The van der Waals surface area contributed by atoms with Gasteiger partial charge in [-0.25, -0.2) is 0 Å². The third-order valence-corrected chi connectivity index (χ3v) is 7.08. The van der Waals surface area contributed by atoms with E-state index in [1.54, 1.807) is 18.5 Å². The van der Waals surface area contributed by atoms with Crippen molar-refractivity contribution in [3.05, 3.63) is 65.2 Å². The Morgan fingerprint density at radius 1 is 1.18 bits per heavy atom. The first kappa shape index (κ1) is 24.2. The van der Waals surface area contributed by atoms with E-state index in [1.165, 1.54) is 11.8 Å². The van der Waals surface area contributed by atoms with Crippen LogP contribution in [-0.2, 0) is 22.7 Å². The van der Waals surface area contributed by atoms with E-state index in [-0.39, 0.29) is 11.8 Å². The lowest BCUT2D eigenvalue weighted by Gasteiger charge is -2.20. The number of pyridine rings is 1. The number of hydrogen-bond donors (Lipinski definition) is 1. The SMILES string of the molecule is CC(Sc1nnc(CN2CCCCCC2=O)n1-c1cccnc1)C(=O)NCc1ccccc1Cl. The van der Waals surface area contributed by atoms with Crippen LogP contribution in [0.3, 0.4) is 0 Å². The molecule has 0 spiro atoms. The third kappa shape index (κ3) is 5.95. The molecule has 1 aliphatic rings. The number of nitrogens with zero attached hydrogens (tertiary/aromatic N) is 5. The van der Waals surface area contributed by atoms with E-state index < -0.39 is 5.25 Å². The molecule has 178 valence electrons. The number of nitrogens with one attached hydrogen (secondary N) is 1. The molecule has 34 heavy (non-hydrogen) atoms. The van der Waals surface area contributed by atoms with Gasteiger partial charge in [0.2, 0.25) is 11.8 Å². The molecule has 0 aliphatic carbocycles. The standard InChI is InChI=1S/C24H27ClN6O2S/c1-17(23(33)27-14-18-8-4-5-10-20(18)25)34-24-29-28-21(31(24)19-9-7-12-26-15-19)16-30-13-6-2-3-11-22(30)32/h4-5,7-10,12,15,17H,2-3,6,11,13-14,16H2,1H3,(H,27,33). The highest BCUT2D eigenvalue weighted by Crippen LogP contribution is 2.27. The Labute approximate surface area is 208 Å². The first-order valence-electron chi connectivity index (χ1n) is 11.3. The van der Waals surface area contributed by atoms with E-state index in [9.17, 15) is 9.59 Å². The minimum atomic E-state index is -0.422. The Hall–Kier alpha value is -2.91. The number of amides is 2. The topological polar surface area (TPSA) is 93.0 Å². The van der Waals surface area contributed by atoms with Crippen molar-refractivity contribution in [1.29, 1.82) is 0 Å². The minimum absolute atomic E-state index is 0.130. The molecule has 1 atom stereocenters. The van der Waals surface area contributed by atoms with Crippen LogP contribution in [0.5, 0.6) is 0 Å². The molecule has 0 saturated carbocycles. The zero-order chi connectivity index (χ0) is 23.9. The van der Waals surface area contributed by atoms with Gasteiger partial charge in [0, 0.05) is 30.7 Å². The molecular formula is C24H27ClN6O2S. The zero-order valence-corrected chi connectivity index (χ0v) is 20.6. The fourth-order valence-corrected chi connectivity index (χ4v) is 4.89. The first-order chi connectivity index (χ1) is 16.5. The number of benzene rings is 1. The summed E-state index contributed by atoms with van der Waals surface area (Å²) in [5.74, 6) is 0.657. The summed E-state index contributed by atoms with van der Waals surface area (Å²) in [7, 11) is 0. The van der Waals surface area contributed by atoms with E-state index in [4.69, 9.17) is 11.6 Å². The average Bonchev–Trinajstić information content (AvgIpc) is 3.12. The van der Waals surface area contributed by atoms with E-state index in [0.717, 1.165) is 30.5 Å². The van der Waals surface area contributed by atoms with Gasteiger partial charge in [-0.1, -0.05) is 48.0 Å². The molecule has 2 amide bonds. The number of carbonyl (C=O) groups excluding carboxylic acids is 2. The molecule has 3 aromatic rings. The van der Waals surface area contributed by atoms with Gasteiger partial charge in [-0.15, -0.1) is 10.2 Å². The van der Waals surface area contributed by atoms with Gasteiger partial charge in [-0.3, -0.25) is 19.1 Å². The summed E-state index contributed by atoms with van der Waals surface area (Å²) in [5.41, 5.74) is 1.65. The molecule has 1 fully saturated rings. The lowest BCUT2D eigenvalue weighted by Crippen LogP contribution is -2.31. The second kappa shape index (κ2) is 11.5. The molecular weight excluding hydrogens is 472 g/mol. The smallest absolute Gasteiger partial charge is 0.233 e. The van der Waals surface area contributed by atoms with Crippen LogP contribution >= 0.6 is 23.4 Å². The maximum absolute atomic E-state index is 12.8. The van der Waals surface area contributed by atoms with Crippen LogP contribution in [0, 0.1) is 0 Å². The summed E-state index contributed by atoms with van der Waals surface area (Å²) >= 11 is 7.51. The van der Waals surface area contributed by atoms with Gasteiger partial charge in [0.15, 0.2) is 11.0 Å². The quantitative estimate of drug-likeness (QED) is 0.471. The Bertz CT molecular complexity index is 1140. The molecule has 1 unspecified atom stereocenters. The summed E-state index contributed by atoms with van der Waals surface area (Å²) in [6, 6.07) is 11.2. The number of thioether (sulfide) groups is 1. The molecule has 1 N–H and O–H groups in total. The summed E-state index contributed by atoms with van der Waals surface area (Å²) in [5, 5.41) is 12.5. The van der Waals surface area contributed by atoms with Crippen LogP contribution < -0.4 is 5.32 Å². The van der Waals surface area contributed by atoms with Crippen molar-refractivity contribution in [1.82, 2.24) is 30.0 Å². The summed E-state index contributed by atoms with van der Waals surface area (Å²) in [4.78, 5) is 31.4. The molecule has 1 aromatic carbocycles. The van der Waals surface area contributed by atoms with Gasteiger partial charge < -0.3 is 10.2 Å². The van der Waals surface area contributed by atoms with Crippen molar-refractivity contribution in [2.24, 2.45) is 0 Å². The largest absolute Gasteiger partial charge is 0.351 e. The predicted octanol–water partition coefficient (Wildman–Crippen LogP) is 4.02. The van der Waals surface area contributed by atoms with E-state index in [2.05, 4.69) is 20.5 Å². The highest BCUT2D eigenvalue weighted by molar-refractivity contribution is 8.00. The fraction of sp³-hybridized carbons (Fsp3) is 0.375. The van der Waals surface area contributed by atoms with E-state index >= 15 is 0 Å². The highest BCUT2D eigenvalue weighted by Gasteiger charge is 2.24. The zero-order valence-electron chi connectivity index (χ0n) is 19.0. The van der Waals surface area contributed by atoms with Crippen LogP contribution in [0.25, 0.3) is 5.69 Å². The molecule has 1 saturated heterocycles. The molecule has 0 radical (unpaired) electrons. The van der Waals surface area contributed by atoms with Crippen molar-refractivity contribution in [2.45, 2.75) is 56.1 Å². The van der Waals surface area contributed by atoms with Gasteiger partial charge in [-0.2, -0.15) is 0 Å². The minimum Gasteiger partial charge on any atom is -0.351 e. The van der Waals surface area contributed by atoms with Crippen molar-refractivity contribution in [2.75, 3.05) is 6.54 Å². The van der Waals surface area contributed by atoms with Crippen LogP contribution in [-0.4, -0.2) is 48.3 Å². The Morgan fingerprint density at radius 2 is 2.03 bits per heavy atom. The van der Waals surface area contributed by atoms with Gasteiger partial charge in [0.05, 0.1) is 23.7 Å². The summed E-state index contributed by atoms with van der Waals surface area (Å²) < 4.78 is 1.88. The molecule has 10 heteroatoms. The second-order valence-electron chi connectivity index (χ2n) is 8.14. The molecule has 4 rings (SSSR count). The third-order valence-electron chi connectivity index (χ3n) is 5.67. The number of aromatic nitrogens is 4. The molecule has 2 aromatic heterocycles. The lowest BCUT2D eigenvalue weighted by atomic mass is 10.2. The van der Waals surface area contributed by atoms with Crippen molar-refractivity contribution in [3.63, 3.8) is 0 Å². The fourth-order valence-electron chi connectivity index (χ4n) is 3.78. The van der Waals surface area contributed by atoms with E-state index in [1.807, 2.05) is 46.7 Å². The number of halogens is 1. The molecule has 3 heterocycles. The highest BCUT2D eigenvalue weighted by atomic mass is 35.5. The summed E-state index contributed by atoms with van der Waals surface area (Å²) in [6.45, 7) is 3.25. The van der Waals surface area contributed by atoms with Gasteiger partial charge in [-0.05, 0) is 43.5 Å². The molecule has 0 bridgehead atoms. The van der Waals surface area contributed by atoms with Crippen LogP contribution in [0.15, 0.2) is 53.9 Å².